The topological polar surface area (TPSA) is 91.0 Å². The third-order valence-electron chi connectivity index (χ3n) is 4.73. The number of sulfonamides is 1. The van der Waals surface area contributed by atoms with E-state index in [0.29, 0.717) is 25.3 Å². The van der Waals surface area contributed by atoms with Crippen LogP contribution in [0, 0.1) is 0 Å². The smallest absolute Gasteiger partial charge is 0.243 e. The minimum atomic E-state index is -3.56. The highest BCUT2D eigenvalue weighted by Crippen LogP contribution is 2.27. The van der Waals surface area contributed by atoms with Gasteiger partial charge in [-0.25, -0.2) is 13.4 Å². The number of fused-ring (bicyclic) bond motifs is 1. The number of aromatic amines is 1. The number of allylic oxidation sites excluding steroid dienone is 1. The van der Waals surface area contributed by atoms with Gasteiger partial charge < -0.3 is 5.32 Å². The summed E-state index contributed by atoms with van der Waals surface area (Å²) in [6.45, 7) is 5.36. The Kier molecular flexibility index (Phi) is 6.79. The summed E-state index contributed by atoms with van der Waals surface area (Å²) in [5.41, 5.74) is 3.18. The molecule has 0 spiro atoms. The van der Waals surface area contributed by atoms with Crippen LogP contribution in [0.15, 0.2) is 47.5 Å². The fourth-order valence-electron chi connectivity index (χ4n) is 3.11. The van der Waals surface area contributed by atoms with E-state index in [1.165, 1.54) is 4.31 Å². The van der Waals surface area contributed by atoms with Crippen LogP contribution in [0.25, 0.3) is 28.2 Å². The molecule has 29 heavy (non-hydrogen) atoms. The van der Waals surface area contributed by atoms with Gasteiger partial charge in [0, 0.05) is 36.8 Å². The lowest BCUT2D eigenvalue weighted by atomic mass is 10.1. The van der Waals surface area contributed by atoms with Crippen molar-refractivity contribution in [3.8, 4) is 11.1 Å². The van der Waals surface area contributed by atoms with Gasteiger partial charge in [-0.3, -0.25) is 5.10 Å². The second-order valence-electron chi connectivity index (χ2n) is 6.67. The van der Waals surface area contributed by atoms with Crippen molar-refractivity contribution in [2.24, 2.45) is 0 Å². The molecule has 0 bridgehead atoms. The number of benzene rings is 1. The quantitative estimate of drug-likeness (QED) is 0.562. The van der Waals surface area contributed by atoms with Crippen LogP contribution >= 0.6 is 0 Å². The molecule has 0 aliphatic rings. The minimum Gasteiger partial charge on any atom is -0.318 e. The summed E-state index contributed by atoms with van der Waals surface area (Å²) >= 11 is 0. The van der Waals surface area contributed by atoms with Crippen LogP contribution in [0.2, 0.25) is 0 Å². The van der Waals surface area contributed by atoms with Gasteiger partial charge in [-0.15, -0.1) is 0 Å². The maximum atomic E-state index is 13.1. The van der Waals surface area contributed by atoms with Crippen LogP contribution in [-0.2, 0) is 10.0 Å². The number of aromatic nitrogens is 3. The van der Waals surface area contributed by atoms with Gasteiger partial charge in [-0.05, 0) is 43.3 Å². The van der Waals surface area contributed by atoms with Crippen molar-refractivity contribution in [3.05, 3.63) is 48.3 Å². The Bertz CT molecular complexity index is 1110. The van der Waals surface area contributed by atoms with Gasteiger partial charge in [0.25, 0.3) is 0 Å². The van der Waals surface area contributed by atoms with Crippen LogP contribution < -0.4 is 5.32 Å². The lowest BCUT2D eigenvalue weighted by Gasteiger charge is -2.20. The fourth-order valence-corrected chi connectivity index (χ4v) is 4.60. The van der Waals surface area contributed by atoms with Gasteiger partial charge in [0.1, 0.15) is 0 Å². The van der Waals surface area contributed by atoms with E-state index in [1.54, 1.807) is 24.4 Å². The number of nitrogens with one attached hydrogen (secondary N) is 2. The lowest BCUT2D eigenvalue weighted by Crippen LogP contribution is -2.36. The fraction of sp³-hybridized carbons (Fsp3) is 0.333. The molecule has 8 heteroatoms. The number of H-pyrrole nitrogens is 1. The SMILES string of the molecule is CC/C=C/c1[nH]nc2ncc(-c3cccc(S(=O)(=O)N(CC)CCNC)c3)cc12. The van der Waals surface area contributed by atoms with Crippen LogP contribution in [-0.4, -0.2) is 54.6 Å². The average Bonchev–Trinajstić information content (AvgIpc) is 3.15. The molecule has 2 aromatic heterocycles. The number of rotatable bonds is 9. The molecule has 0 radical (unpaired) electrons. The Morgan fingerprint density at radius 2 is 2.03 bits per heavy atom. The highest BCUT2D eigenvalue weighted by molar-refractivity contribution is 7.89. The lowest BCUT2D eigenvalue weighted by molar-refractivity contribution is 0.426. The first-order valence-corrected chi connectivity index (χ1v) is 11.2. The van der Waals surface area contributed by atoms with Crippen molar-refractivity contribution in [1.82, 2.24) is 24.8 Å². The van der Waals surface area contributed by atoms with E-state index in [0.717, 1.165) is 28.6 Å². The number of likely N-dealkylation sites (N-methyl/N-ethyl adjacent to an activating group) is 2. The molecule has 0 atom stereocenters. The standard InChI is InChI=1S/C21H27N5O2S/c1-4-6-10-20-19-14-17(15-23-21(19)25-24-20)16-8-7-9-18(13-16)29(27,28)26(5-2)12-11-22-3/h6-10,13-15,22H,4-5,11-12H2,1-3H3,(H,23,24,25)/b10-6+. The molecule has 0 aliphatic heterocycles. The summed E-state index contributed by atoms with van der Waals surface area (Å²) in [5.74, 6) is 0. The zero-order chi connectivity index (χ0) is 20.9. The van der Waals surface area contributed by atoms with E-state index in [-0.39, 0.29) is 4.90 Å². The Morgan fingerprint density at radius 1 is 1.21 bits per heavy atom. The molecular weight excluding hydrogens is 386 g/mol. The van der Waals surface area contributed by atoms with E-state index in [1.807, 2.05) is 32.2 Å². The summed E-state index contributed by atoms with van der Waals surface area (Å²) in [4.78, 5) is 4.71. The Hall–Kier alpha value is -2.55. The zero-order valence-electron chi connectivity index (χ0n) is 17.0. The summed E-state index contributed by atoms with van der Waals surface area (Å²) in [5, 5.41) is 11.1. The average molecular weight is 414 g/mol. The summed E-state index contributed by atoms with van der Waals surface area (Å²) in [6.07, 6.45) is 6.69. The van der Waals surface area contributed by atoms with Crippen LogP contribution in [0.1, 0.15) is 26.0 Å². The Morgan fingerprint density at radius 3 is 2.76 bits per heavy atom. The maximum absolute atomic E-state index is 13.1. The summed E-state index contributed by atoms with van der Waals surface area (Å²) in [6, 6.07) is 9.01. The molecule has 3 aromatic rings. The number of nitrogens with zero attached hydrogens (tertiary/aromatic N) is 3. The van der Waals surface area contributed by atoms with E-state index < -0.39 is 10.0 Å². The molecule has 0 fully saturated rings. The highest BCUT2D eigenvalue weighted by atomic mass is 32.2. The Balaban J connectivity index is 2.00. The first-order chi connectivity index (χ1) is 14.0. The van der Waals surface area contributed by atoms with Gasteiger partial charge in [-0.2, -0.15) is 9.40 Å². The number of pyridine rings is 1. The van der Waals surface area contributed by atoms with Gasteiger partial charge in [-0.1, -0.05) is 32.1 Å². The van der Waals surface area contributed by atoms with Crippen LogP contribution in [0.3, 0.4) is 0 Å². The number of hydrogen-bond acceptors (Lipinski definition) is 5. The molecule has 0 aliphatic carbocycles. The molecule has 7 nitrogen and oxygen atoms in total. The van der Waals surface area contributed by atoms with E-state index in [2.05, 4.69) is 33.5 Å². The van der Waals surface area contributed by atoms with E-state index in [9.17, 15) is 8.42 Å². The molecule has 2 heterocycles. The Labute approximate surface area is 171 Å². The van der Waals surface area contributed by atoms with Gasteiger partial charge in [0.05, 0.1) is 10.6 Å². The molecule has 0 saturated heterocycles. The van der Waals surface area contributed by atoms with Crippen molar-refractivity contribution >= 4 is 27.1 Å². The van der Waals surface area contributed by atoms with Crippen molar-refractivity contribution in [3.63, 3.8) is 0 Å². The predicted octanol–water partition coefficient (Wildman–Crippen LogP) is 3.28. The largest absolute Gasteiger partial charge is 0.318 e. The zero-order valence-corrected chi connectivity index (χ0v) is 17.8. The van der Waals surface area contributed by atoms with Crippen LogP contribution in [0.4, 0.5) is 0 Å². The molecule has 154 valence electrons. The number of hydrogen-bond donors (Lipinski definition) is 2. The van der Waals surface area contributed by atoms with E-state index >= 15 is 0 Å². The first kappa shape index (κ1) is 21.2. The molecule has 0 amide bonds. The first-order valence-electron chi connectivity index (χ1n) is 9.77. The van der Waals surface area contributed by atoms with Gasteiger partial charge in [0.15, 0.2) is 5.65 Å². The second kappa shape index (κ2) is 9.30. The molecular formula is C21H27N5O2S. The molecule has 0 unspecified atom stereocenters. The van der Waals surface area contributed by atoms with Crippen molar-refractivity contribution < 1.29 is 8.42 Å². The van der Waals surface area contributed by atoms with Crippen molar-refractivity contribution in [2.75, 3.05) is 26.7 Å². The predicted molar refractivity (Wildman–Crippen MR) is 117 cm³/mol. The maximum Gasteiger partial charge on any atom is 0.243 e. The van der Waals surface area contributed by atoms with Gasteiger partial charge >= 0.3 is 0 Å². The normalized spacial score (nSPS) is 12.4. The minimum absolute atomic E-state index is 0.284. The third kappa shape index (κ3) is 4.55. The highest BCUT2D eigenvalue weighted by Gasteiger charge is 2.23. The third-order valence-corrected chi connectivity index (χ3v) is 6.70. The van der Waals surface area contributed by atoms with E-state index in [4.69, 9.17) is 0 Å². The second-order valence-corrected chi connectivity index (χ2v) is 8.61. The summed E-state index contributed by atoms with van der Waals surface area (Å²) < 4.78 is 27.6. The van der Waals surface area contributed by atoms with Crippen LogP contribution in [0.5, 0.6) is 0 Å². The molecule has 3 rings (SSSR count). The summed E-state index contributed by atoms with van der Waals surface area (Å²) in [7, 11) is -1.75. The molecule has 0 saturated carbocycles. The van der Waals surface area contributed by atoms with Crippen molar-refractivity contribution in [1.29, 1.82) is 0 Å². The van der Waals surface area contributed by atoms with Crippen molar-refractivity contribution in [2.45, 2.75) is 25.2 Å². The molecule has 1 aromatic carbocycles. The van der Waals surface area contributed by atoms with Gasteiger partial charge in [0.2, 0.25) is 10.0 Å². The monoisotopic (exact) mass is 413 g/mol. The molecule has 2 N–H and O–H groups in total.